The van der Waals surface area contributed by atoms with Crippen molar-refractivity contribution in [1.29, 1.82) is 0 Å². The third-order valence-corrected chi connectivity index (χ3v) is 5.10. The second kappa shape index (κ2) is 6.47. The van der Waals surface area contributed by atoms with Gasteiger partial charge in [-0.25, -0.2) is 0 Å². The predicted octanol–water partition coefficient (Wildman–Crippen LogP) is 1.58. The van der Waals surface area contributed by atoms with Crippen LogP contribution in [0.3, 0.4) is 0 Å². The lowest BCUT2D eigenvalue weighted by Gasteiger charge is -2.29. The molecule has 1 saturated heterocycles. The van der Waals surface area contributed by atoms with Crippen LogP contribution in [-0.4, -0.2) is 56.0 Å². The highest BCUT2D eigenvalue weighted by Crippen LogP contribution is 2.38. The summed E-state index contributed by atoms with van der Waals surface area (Å²) >= 11 is 0. The van der Waals surface area contributed by atoms with Crippen LogP contribution in [0.2, 0.25) is 0 Å². The molecule has 2 aromatic rings. The fraction of sp³-hybridized carbons (Fsp3) is 0.647. The molecular weight excluding hydrogens is 302 g/mol. The topological polar surface area (TPSA) is 63.0 Å². The number of hydrogen-bond acceptors (Lipinski definition) is 6. The van der Waals surface area contributed by atoms with Crippen molar-refractivity contribution in [2.75, 3.05) is 25.0 Å². The summed E-state index contributed by atoms with van der Waals surface area (Å²) in [6, 6.07) is 4.50. The van der Waals surface area contributed by atoms with Crippen LogP contribution < -0.4 is 4.90 Å². The number of anilines is 1. The van der Waals surface area contributed by atoms with Gasteiger partial charge in [-0.15, -0.1) is 15.3 Å². The number of likely N-dealkylation sites (N-methyl/N-ethyl adjacent to an activating group) is 1. The Bertz CT molecular complexity index is 680. The SMILES string of the molecule is CN(Cc1nnc(C2CC2)n1C)C[C@H]1CCCN1c1cccnn1. The molecule has 2 fully saturated rings. The molecular formula is C17H25N7. The van der Waals surface area contributed by atoms with E-state index < -0.39 is 0 Å². The Labute approximate surface area is 142 Å². The van der Waals surface area contributed by atoms with Crippen molar-refractivity contribution in [2.24, 2.45) is 7.05 Å². The number of aromatic nitrogens is 5. The highest BCUT2D eigenvalue weighted by atomic mass is 15.3. The van der Waals surface area contributed by atoms with Crippen molar-refractivity contribution in [3.8, 4) is 0 Å². The maximum atomic E-state index is 4.40. The maximum Gasteiger partial charge on any atom is 0.151 e. The van der Waals surface area contributed by atoms with Crippen molar-refractivity contribution in [2.45, 2.75) is 44.2 Å². The summed E-state index contributed by atoms with van der Waals surface area (Å²) in [7, 11) is 4.26. The van der Waals surface area contributed by atoms with Gasteiger partial charge >= 0.3 is 0 Å². The Morgan fingerprint density at radius 3 is 2.83 bits per heavy atom. The van der Waals surface area contributed by atoms with Gasteiger partial charge in [0.2, 0.25) is 0 Å². The van der Waals surface area contributed by atoms with E-state index in [4.69, 9.17) is 0 Å². The van der Waals surface area contributed by atoms with E-state index in [0.717, 1.165) is 37.1 Å². The molecule has 128 valence electrons. The Balaban J connectivity index is 1.39. The van der Waals surface area contributed by atoms with Crippen molar-refractivity contribution in [3.05, 3.63) is 30.0 Å². The van der Waals surface area contributed by atoms with Crippen molar-refractivity contribution in [1.82, 2.24) is 29.9 Å². The zero-order chi connectivity index (χ0) is 16.5. The predicted molar refractivity (Wildman–Crippen MR) is 91.7 cm³/mol. The lowest BCUT2D eigenvalue weighted by Crippen LogP contribution is -2.39. The number of rotatable bonds is 6. The summed E-state index contributed by atoms with van der Waals surface area (Å²) in [5.74, 6) is 3.84. The van der Waals surface area contributed by atoms with Crippen LogP contribution in [0.25, 0.3) is 0 Å². The molecule has 7 nitrogen and oxygen atoms in total. The zero-order valence-corrected chi connectivity index (χ0v) is 14.5. The summed E-state index contributed by atoms with van der Waals surface area (Å²) in [6.45, 7) is 2.90. The first kappa shape index (κ1) is 15.5. The zero-order valence-electron chi connectivity index (χ0n) is 14.5. The normalized spacial score (nSPS) is 21.0. The van der Waals surface area contributed by atoms with Crippen LogP contribution in [0, 0.1) is 0 Å². The monoisotopic (exact) mass is 327 g/mol. The van der Waals surface area contributed by atoms with Crippen molar-refractivity contribution >= 4 is 5.82 Å². The lowest BCUT2D eigenvalue weighted by molar-refractivity contribution is 0.292. The smallest absolute Gasteiger partial charge is 0.151 e. The van der Waals surface area contributed by atoms with Crippen LogP contribution in [0.15, 0.2) is 18.3 Å². The Hall–Kier alpha value is -2.02. The van der Waals surface area contributed by atoms with Gasteiger partial charge in [-0.2, -0.15) is 5.10 Å². The molecule has 7 heteroatoms. The molecule has 0 bridgehead atoms. The van der Waals surface area contributed by atoms with E-state index in [9.17, 15) is 0 Å². The molecule has 4 rings (SSSR count). The number of hydrogen-bond donors (Lipinski definition) is 0. The largest absolute Gasteiger partial charge is 0.351 e. The first-order valence-corrected chi connectivity index (χ1v) is 8.83. The minimum Gasteiger partial charge on any atom is -0.351 e. The van der Waals surface area contributed by atoms with Gasteiger partial charge in [0.15, 0.2) is 5.82 Å². The summed E-state index contributed by atoms with van der Waals surface area (Å²) in [4.78, 5) is 4.73. The molecule has 0 unspecified atom stereocenters. The van der Waals surface area contributed by atoms with E-state index in [2.05, 4.69) is 54.9 Å². The second-order valence-electron chi connectivity index (χ2n) is 7.08. The molecule has 0 spiro atoms. The van der Waals surface area contributed by atoms with E-state index >= 15 is 0 Å². The molecule has 0 N–H and O–H groups in total. The minimum absolute atomic E-state index is 0.489. The first-order chi connectivity index (χ1) is 11.7. The third-order valence-electron chi connectivity index (χ3n) is 5.10. The van der Waals surface area contributed by atoms with Gasteiger partial charge in [-0.3, -0.25) is 4.90 Å². The Morgan fingerprint density at radius 1 is 1.21 bits per heavy atom. The summed E-state index contributed by atoms with van der Waals surface area (Å²) in [6.07, 6.45) is 6.66. The molecule has 2 aromatic heterocycles. The van der Waals surface area contributed by atoms with Crippen LogP contribution in [-0.2, 0) is 13.6 Å². The van der Waals surface area contributed by atoms with Gasteiger partial charge in [0, 0.05) is 38.3 Å². The molecule has 1 atom stereocenters. The van der Waals surface area contributed by atoms with Crippen LogP contribution in [0.5, 0.6) is 0 Å². The van der Waals surface area contributed by atoms with Gasteiger partial charge in [-0.1, -0.05) is 0 Å². The second-order valence-corrected chi connectivity index (χ2v) is 7.08. The third kappa shape index (κ3) is 3.13. The lowest BCUT2D eigenvalue weighted by atomic mass is 10.2. The summed E-state index contributed by atoms with van der Waals surface area (Å²) in [5, 5.41) is 17.1. The van der Waals surface area contributed by atoms with Crippen LogP contribution in [0.1, 0.15) is 43.3 Å². The molecule has 3 heterocycles. The molecule has 1 aliphatic carbocycles. The quantitative estimate of drug-likeness (QED) is 0.803. The summed E-state index contributed by atoms with van der Waals surface area (Å²) < 4.78 is 2.18. The first-order valence-electron chi connectivity index (χ1n) is 8.83. The highest BCUT2D eigenvalue weighted by Gasteiger charge is 2.30. The maximum absolute atomic E-state index is 4.40. The van der Waals surface area contributed by atoms with Crippen molar-refractivity contribution < 1.29 is 0 Å². The molecule has 0 radical (unpaired) electrons. The molecule has 1 saturated carbocycles. The van der Waals surface area contributed by atoms with E-state index in [1.165, 1.54) is 25.7 Å². The van der Waals surface area contributed by atoms with Gasteiger partial charge in [0.1, 0.15) is 11.6 Å². The molecule has 0 amide bonds. The highest BCUT2D eigenvalue weighted by molar-refractivity contribution is 5.39. The fourth-order valence-electron chi connectivity index (χ4n) is 3.65. The van der Waals surface area contributed by atoms with E-state index in [-0.39, 0.29) is 0 Å². The van der Waals surface area contributed by atoms with Gasteiger partial charge in [-0.05, 0) is 44.9 Å². The van der Waals surface area contributed by atoms with E-state index in [0.29, 0.717) is 12.0 Å². The van der Waals surface area contributed by atoms with Gasteiger partial charge < -0.3 is 9.47 Å². The summed E-state index contributed by atoms with van der Waals surface area (Å²) in [5.41, 5.74) is 0. The minimum atomic E-state index is 0.489. The van der Waals surface area contributed by atoms with E-state index in [1.807, 2.05) is 6.07 Å². The van der Waals surface area contributed by atoms with E-state index in [1.54, 1.807) is 6.20 Å². The molecule has 1 aliphatic heterocycles. The number of nitrogens with zero attached hydrogens (tertiary/aromatic N) is 7. The molecule has 24 heavy (non-hydrogen) atoms. The van der Waals surface area contributed by atoms with Gasteiger partial charge in [0.05, 0.1) is 6.54 Å². The molecule has 2 aliphatic rings. The Morgan fingerprint density at radius 2 is 2.08 bits per heavy atom. The van der Waals surface area contributed by atoms with Crippen molar-refractivity contribution in [3.63, 3.8) is 0 Å². The Kier molecular flexibility index (Phi) is 4.18. The van der Waals surface area contributed by atoms with Crippen LogP contribution >= 0.6 is 0 Å². The molecule has 0 aromatic carbocycles. The standard InChI is InChI=1S/C17H25N7/c1-22(12-16-20-21-17(23(16)2)13-7-8-13)11-14-5-4-10-24(14)15-6-3-9-18-19-15/h3,6,9,13-14H,4-5,7-8,10-12H2,1-2H3/t14-/m1/s1. The fourth-order valence-corrected chi connectivity index (χ4v) is 3.65. The average Bonchev–Trinajstić information content (AvgIpc) is 3.23. The van der Waals surface area contributed by atoms with Gasteiger partial charge in [0.25, 0.3) is 0 Å². The van der Waals surface area contributed by atoms with Crippen LogP contribution in [0.4, 0.5) is 5.82 Å². The average molecular weight is 327 g/mol.